The number of nitrogens with zero attached hydrogens (tertiary/aromatic N) is 2. The van der Waals surface area contributed by atoms with E-state index in [-0.39, 0.29) is 0 Å². The molecular weight excluding hydrogens is 346 g/mol. The zero-order chi connectivity index (χ0) is 18.0. The van der Waals surface area contributed by atoms with Crippen molar-refractivity contribution in [2.75, 3.05) is 5.32 Å². The molecule has 2 N–H and O–H groups in total. The van der Waals surface area contributed by atoms with Crippen LogP contribution >= 0.6 is 11.8 Å². The van der Waals surface area contributed by atoms with Gasteiger partial charge in [0.2, 0.25) is 4.87 Å². The van der Waals surface area contributed by atoms with Crippen LogP contribution in [0.25, 0.3) is 0 Å². The maximum absolute atomic E-state index is 12.1. The molecule has 0 saturated heterocycles. The number of carboxylic acid groups (broad SMARTS) is 1. The Labute approximate surface area is 154 Å². The summed E-state index contributed by atoms with van der Waals surface area (Å²) in [4.78, 5) is 11.7. The van der Waals surface area contributed by atoms with Crippen LogP contribution in [0.5, 0.6) is 0 Å². The molecule has 0 bridgehead atoms. The van der Waals surface area contributed by atoms with Gasteiger partial charge in [0.15, 0.2) is 0 Å². The van der Waals surface area contributed by atoms with E-state index >= 15 is 0 Å². The van der Waals surface area contributed by atoms with Gasteiger partial charge in [0.05, 0.1) is 11.4 Å². The van der Waals surface area contributed by atoms with Crippen LogP contribution in [0.1, 0.15) is 5.56 Å². The Morgan fingerprint density at radius 1 is 0.846 bits per heavy atom. The van der Waals surface area contributed by atoms with Crippen molar-refractivity contribution >= 4 is 34.8 Å². The van der Waals surface area contributed by atoms with Gasteiger partial charge in [0.1, 0.15) is 0 Å². The fourth-order valence-corrected chi connectivity index (χ4v) is 3.97. The number of para-hydroxylation sites is 1. The molecule has 1 heterocycles. The molecule has 1 unspecified atom stereocenters. The Balaban J connectivity index is 1.61. The van der Waals surface area contributed by atoms with Gasteiger partial charge in [-0.25, -0.2) is 4.79 Å². The molecular formula is C20H15N3O2S. The predicted octanol–water partition coefficient (Wildman–Crippen LogP) is 5.56. The molecule has 5 nitrogen and oxygen atoms in total. The second-order valence-corrected chi connectivity index (χ2v) is 7.05. The standard InChI is InChI=1S/C20H15N3O2S/c24-19(25)20(21-17-8-4-5-9-18(17)26-20)14-10-12-16(13-11-14)23-22-15-6-2-1-3-7-15/h1-13,21H,(H,24,25). The van der Waals surface area contributed by atoms with Crippen LogP contribution < -0.4 is 5.32 Å². The second kappa shape index (κ2) is 6.65. The van der Waals surface area contributed by atoms with Gasteiger partial charge in [-0.15, -0.1) is 0 Å². The van der Waals surface area contributed by atoms with E-state index in [1.54, 1.807) is 24.3 Å². The first-order valence-corrected chi connectivity index (χ1v) is 8.86. The van der Waals surface area contributed by atoms with E-state index in [0.29, 0.717) is 11.3 Å². The number of hydrogen-bond donors (Lipinski definition) is 2. The number of hydrogen-bond acceptors (Lipinski definition) is 5. The first-order chi connectivity index (χ1) is 12.7. The van der Waals surface area contributed by atoms with E-state index in [2.05, 4.69) is 15.5 Å². The summed E-state index contributed by atoms with van der Waals surface area (Å²) >= 11 is 1.30. The molecule has 0 radical (unpaired) electrons. The fraction of sp³-hybridized carbons (Fsp3) is 0.0500. The van der Waals surface area contributed by atoms with Crippen molar-refractivity contribution in [3.8, 4) is 0 Å². The Morgan fingerprint density at radius 3 is 2.12 bits per heavy atom. The van der Waals surface area contributed by atoms with Crippen molar-refractivity contribution in [1.29, 1.82) is 0 Å². The first kappa shape index (κ1) is 16.4. The van der Waals surface area contributed by atoms with Crippen LogP contribution in [-0.2, 0) is 9.67 Å². The predicted molar refractivity (Wildman–Crippen MR) is 102 cm³/mol. The number of rotatable bonds is 4. The maximum Gasteiger partial charge on any atom is 0.345 e. The Kier molecular flexibility index (Phi) is 4.18. The number of carboxylic acids is 1. The average Bonchev–Trinajstić information content (AvgIpc) is 3.09. The molecule has 0 fully saturated rings. The number of fused-ring (bicyclic) bond motifs is 1. The summed E-state index contributed by atoms with van der Waals surface area (Å²) in [5, 5.41) is 21.4. The van der Waals surface area contributed by atoms with Crippen molar-refractivity contribution in [2.24, 2.45) is 10.2 Å². The van der Waals surface area contributed by atoms with Gasteiger partial charge < -0.3 is 10.4 Å². The van der Waals surface area contributed by atoms with E-state index in [0.717, 1.165) is 16.3 Å². The van der Waals surface area contributed by atoms with Gasteiger partial charge in [0.25, 0.3) is 0 Å². The second-order valence-electron chi connectivity index (χ2n) is 5.79. The molecule has 1 aliphatic rings. The lowest BCUT2D eigenvalue weighted by Crippen LogP contribution is -2.37. The highest BCUT2D eigenvalue weighted by atomic mass is 32.2. The van der Waals surface area contributed by atoms with Crippen LogP contribution in [0.15, 0.2) is 94.0 Å². The van der Waals surface area contributed by atoms with Gasteiger partial charge >= 0.3 is 5.97 Å². The van der Waals surface area contributed by atoms with Crippen LogP contribution in [0.3, 0.4) is 0 Å². The minimum absolute atomic E-state index is 0.657. The topological polar surface area (TPSA) is 74.0 Å². The quantitative estimate of drug-likeness (QED) is 0.597. The molecule has 128 valence electrons. The van der Waals surface area contributed by atoms with Crippen LogP contribution in [0, 0.1) is 0 Å². The molecule has 6 heteroatoms. The number of aliphatic carboxylic acids is 1. The summed E-state index contributed by atoms with van der Waals surface area (Å²) in [6, 6.07) is 24.1. The number of carbonyl (C=O) groups is 1. The van der Waals surface area contributed by atoms with E-state index in [1.165, 1.54) is 11.8 Å². The van der Waals surface area contributed by atoms with E-state index in [9.17, 15) is 9.90 Å². The Bertz CT molecular complexity index is 947. The third-order valence-corrected chi connectivity index (χ3v) is 5.47. The lowest BCUT2D eigenvalue weighted by atomic mass is 10.1. The molecule has 1 atom stereocenters. The van der Waals surface area contributed by atoms with Crippen molar-refractivity contribution < 1.29 is 9.90 Å². The lowest BCUT2D eigenvalue weighted by Gasteiger charge is -2.24. The highest BCUT2D eigenvalue weighted by Crippen LogP contribution is 2.51. The highest BCUT2D eigenvalue weighted by Gasteiger charge is 2.46. The third kappa shape index (κ3) is 2.95. The minimum atomic E-state index is -1.24. The summed E-state index contributed by atoms with van der Waals surface area (Å²) < 4.78 is 0. The molecule has 0 spiro atoms. The highest BCUT2D eigenvalue weighted by molar-refractivity contribution is 8.01. The van der Waals surface area contributed by atoms with Crippen molar-refractivity contribution in [3.63, 3.8) is 0 Å². The number of benzene rings is 3. The summed E-state index contributed by atoms with van der Waals surface area (Å²) in [5.74, 6) is -0.933. The zero-order valence-corrected chi connectivity index (χ0v) is 14.5. The fourth-order valence-electron chi connectivity index (χ4n) is 2.76. The van der Waals surface area contributed by atoms with Gasteiger partial charge in [0, 0.05) is 10.6 Å². The molecule has 0 aliphatic carbocycles. The summed E-state index contributed by atoms with van der Waals surface area (Å²) in [6.45, 7) is 0. The maximum atomic E-state index is 12.1. The minimum Gasteiger partial charge on any atom is -0.479 e. The van der Waals surface area contributed by atoms with Crippen molar-refractivity contribution in [2.45, 2.75) is 9.77 Å². The number of azo groups is 1. The lowest BCUT2D eigenvalue weighted by molar-refractivity contribution is -0.139. The van der Waals surface area contributed by atoms with Gasteiger partial charge in [-0.1, -0.05) is 54.2 Å². The summed E-state index contributed by atoms with van der Waals surface area (Å²) in [6.07, 6.45) is 0. The number of nitrogens with one attached hydrogen (secondary N) is 1. The van der Waals surface area contributed by atoms with Gasteiger partial charge in [-0.05, 0) is 42.0 Å². The molecule has 4 rings (SSSR count). The van der Waals surface area contributed by atoms with E-state index in [1.807, 2.05) is 54.6 Å². The summed E-state index contributed by atoms with van der Waals surface area (Å²) in [7, 11) is 0. The van der Waals surface area contributed by atoms with Crippen molar-refractivity contribution in [1.82, 2.24) is 0 Å². The monoisotopic (exact) mass is 361 g/mol. The smallest absolute Gasteiger partial charge is 0.345 e. The molecule has 26 heavy (non-hydrogen) atoms. The van der Waals surface area contributed by atoms with Crippen LogP contribution in [-0.4, -0.2) is 11.1 Å². The van der Waals surface area contributed by atoms with Gasteiger partial charge in [-0.3, -0.25) is 0 Å². The largest absolute Gasteiger partial charge is 0.479 e. The number of anilines is 1. The molecule has 0 aromatic heterocycles. The molecule has 3 aromatic carbocycles. The third-order valence-electron chi connectivity index (χ3n) is 4.07. The zero-order valence-electron chi connectivity index (χ0n) is 13.7. The van der Waals surface area contributed by atoms with Crippen molar-refractivity contribution in [3.05, 3.63) is 84.4 Å². The molecule has 0 amide bonds. The van der Waals surface area contributed by atoms with E-state index < -0.39 is 10.8 Å². The van der Waals surface area contributed by atoms with E-state index in [4.69, 9.17) is 0 Å². The normalized spacial score (nSPS) is 18.5. The Hall–Kier alpha value is -3.12. The van der Waals surface area contributed by atoms with Crippen LogP contribution in [0.4, 0.5) is 17.1 Å². The van der Waals surface area contributed by atoms with Gasteiger partial charge in [-0.2, -0.15) is 10.2 Å². The molecule has 0 saturated carbocycles. The SMILES string of the molecule is O=C(O)C1(c2ccc(N=Nc3ccccc3)cc2)Nc2ccccc2S1. The first-order valence-electron chi connectivity index (χ1n) is 8.04. The van der Waals surface area contributed by atoms with Crippen LogP contribution in [0.2, 0.25) is 0 Å². The number of thioether (sulfide) groups is 1. The Morgan fingerprint density at radius 2 is 1.46 bits per heavy atom. The molecule has 3 aromatic rings. The average molecular weight is 361 g/mol. The molecule has 1 aliphatic heterocycles. The summed E-state index contributed by atoms with van der Waals surface area (Å²) in [5.41, 5.74) is 2.92.